The Hall–Kier alpha value is -2.29. The van der Waals surface area contributed by atoms with Crippen molar-refractivity contribution in [3.05, 3.63) is 65.7 Å². The van der Waals surface area contributed by atoms with E-state index < -0.39 is 5.97 Å². The normalized spacial score (nSPS) is 22.9. The van der Waals surface area contributed by atoms with Crippen LogP contribution in [0.4, 0.5) is 5.69 Å². The van der Waals surface area contributed by atoms with E-state index in [-0.39, 0.29) is 17.9 Å². The van der Waals surface area contributed by atoms with Crippen molar-refractivity contribution in [1.29, 1.82) is 0 Å². The molecule has 1 aliphatic heterocycles. The molecule has 2 aromatic rings. The summed E-state index contributed by atoms with van der Waals surface area (Å²) in [7, 11) is 2.11. The van der Waals surface area contributed by atoms with E-state index in [9.17, 15) is 9.90 Å². The van der Waals surface area contributed by atoms with Crippen molar-refractivity contribution < 1.29 is 9.90 Å². The van der Waals surface area contributed by atoms with E-state index in [2.05, 4.69) is 67.4 Å². The predicted molar refractivity (Wildman–Crippen MR) is 93.0 cm³/mol. The van der Waals surface area contributed by atoms with Crippen LogP contribution < -0.4 is 4.90 Å². The van der Waals surface area contributed by atoms with Gasteiger partial charge < -0.3 is 10.0 Å². The standard InChI is InChI=1S/C20H23NO2/c1-15-20(13-12-19(22)23,14-16-8-4-3-5-9-16)17-10-6-7-11-18(17)21(15)2/h3-11,15H,12-14H2,1-2H3,(H,22,23). The lowest BCUT2D eigenvalue weighted by molar-refractivity contribution is -0.137. The number of aliphatic carboxylic acids is 1. The molecule has 1 aliphatic rings. The Morgan fingerprint density at radius 3 is 2.48 bits per heavy atom. The monoisotopic (exact) mass is 309 g/mol. The van der Waals surface area contributed by atoms with Gasteiger partial charge in [0.1, 0.15) is 0 Å². The molecule has 0 radical (unpaired) electrons. The van der Waals surface area contributed by atoms with E-state index in [1.165, 1.54) is 16.8 Å². The van der Waals surface area contributed by atoms with Crippen LogP contribution in [0, 0.1) is 0 Å². The number of carboxylic acid groups (broad SMARTS) is 1. The summed E-state index contributed by atoms with van der Waals surface area (Å²) in [4.78, 5) is 13.5. The number of hydrogen-bond acceptors (Lipinski definition) is 2. The van der Waals surface area contributed by atoms with E-state index >= 15 is 0 Å². The molecule has 2 unspecified atom stereocenters. The largest absolute Gasteiger partial charge is 0.481 e. The second-order valence-electron chi connectivity index (χ2n) is 6.52. The molecular formula is C20H23NO2. The molecule has 0 saturated heterocycles. The molecule has 0 bridgehead atoms. The maximum Gasteiger partial charge on any atom is 0.303 e. The van der Waals surface area contributed by atoms with Crippen LogP contribution >= 0.6 is 0 Å². The zero-order valence-corrected chi connectivity index (χ0v) is 13.7. The predicted octanol–water partition coefficient (Wildman–Crippen LogP) is 3.87. The summed E-state index contributed by atoms with van der Waals surface area (Å²) in [6.07, 6.45) is 1.71. The van der Waals surface area contributed by atoms with Crippen LogP contribution in [0.25, 0.3) is 0 Å². The number of nitrogens with zero attached hydrogens (tertiary/aromatic N) is 1. The third-order valence-electron chi connectivity index (χ3n) is 5.35. The van der Waals surface area contributed by atoms with Crippen molar-refractivity contribution in [2.45, 2.75) is 37.6 Å². The molecule has 3 rings (SSSR count). The van der Waals surface area contributed by atoms with Gasteiger partial charge in [-0.15, -0.1) is 0 Å². The number of hydrogen-bond donors (Lipinski definition) is 1. The van der Waals surface area contributed by atoms with Gasteiger partial charge in [-0.05, 0) is 37.0 Å². The first kappa shape index (κ1) is 15.6. The molecule has 3 nitrogen and oxygen atoms in total. The van der Waals surface area contributed by atoms with Crippen LogP contribution in [0.5, 0.6) is 0 Å². The number of fused-ring (bicyclic) bond motifs is 1. The molecule has 0 fully saturated rings. The SMILES string of the molecule is CC1N(C)c2ccccc2C1(CCC(=O)O)Cc1ccccc1. The highest BCUT2D eigenvalue weighted by Crippen LogP contribution is 2.49. The highest BCUT2D eigenvalue weighted by atomic mass is 16.4. The van der Waals surface area contributed by atoms with Crippen LogP contribution in [0.3, 0.4) is 0 Å². The molecule has 0 aromatic heterocycles. The molecule has 23 heavy (non-hydrogen) atoms. The summed E-state index contributed by atoms with van der Waals surface area (Å²) in [6.45, 7) is 2.21. The first-order valence-corrected chi connectivity index (χ1v) is 8.13. The maximum atomic E-state index is 11.2. The van der Waals surface area contributed by atoms with Gasteiger partial charge in [-0.1, -0.05) is 48.5 Å². The minimum Gasteiger partial charge on any atom is -0.481 e. The summed E-state index contributed by atoms with van der Waals surface area (Å²) in [5.74, 6) is -0.725. The second kappa shape index (κ2) is 6.07. The quantitative estimate of drug-likeness (QED) is 0.911. The highest BCUT2D eigenvalue weighted by molar-refractivity contribution is 5.69. The fourth-order valence-electron chi connectivity index (χ4n) is 3.97. The fraction of sp³-hybridized carbons (Fsp3) is 0.350. The van der Waals surface area contributed by atoms with Crippen molar-refractivity contribution in [2.75, 3.05) is 11.9 Å². The lowest BCUT2D eigenvalue weighted by Gasteiger charge is -2.36. The van der Waals surface area contributed by atoms with E-state index in [1.807, 2.05) is 6.07 Å². The summed E-state index contributed by atoms with van der Waals surface area (Å²) in [5, 5.41) is 9.24. The van der Waals surface area contributed by atoms with Gasteiger partial charge in [0, 0.05) is 30.6 Å². The summed E-state index contributed by atoms with van der Waals surface area (Å²) in [5.41, 5.74) is 3.60. The molecule has 0 aliphatic carbocycles. The van der Waals surface area contributed by atoms with Crippen LogP contribution in [-0.4, -0.2) is 24.2 Å². The number of para-hydroxylation sites is 1. The molecule has 1 heterocycles. The zero-order chi connectivity index (χ0) is 16.4. The highest BCUT2D eigenvalue weighted by Gasteiger charge is 2.47. The van der Waals surface area contributed by atoms with Gasteiger partial charge in [0.05, 0.1) is 0 Å². The topological polar surface area (TPSA) is 40.5 Å². The Morgan fingerprint density at radius 2 is 1.78 bits per heavy atom. The van der Waals surface area contributed by atoms with Gasteiger partial charge in [-0.2, -0.15) is 0 Å². The molecule has 3 heteroatoms. The minimum absolute atomic E-state index is 0.162. The van der Waals surface area contributed by atoms with Crippen molar-refractivity contribution in [1.82, 2.24) is 0 Å². The number of likely N-dealkylation sites (N-methyl/N-ethyl adjacent to an activating group) is 1. The Labute approximate surface area is 137 Å². The van der Waals surface area contributed by atoms with Gasteiger partial charge in [0.15, 0.2) is 0 Å². The zero-order valence-electron chi connectivity index (χ0n) is 13.7. The Balaban J connectivity index is 2.06. The van der Waals surface area contributed by atoms with Crippen LogP contribution in [0.15, 0.2) is 54.6 Å². The van der Waals surface area contributed by atoms with E-state index in [0.717, 1.165) is 6.42 Å². The smallest absolute Gasteiger partial charge is 0.303 e. The average molecular weight is 309 g/mol. The fourth-order valence-corrected chi connectivity index (χ4v) is 3.97. The van der Waals surface area contributed by atoms with Crippen molar-refractivity contribution >= 4 is 11.7 Å². The number of carboxylic acids is 1. The van der Waals surface area contributed by atoms with E-state index in [4.69, 9.17) is 0 Å². The first-order chi connectivity index (χ1) is 11.0. The molecule has 0 saturated carbocycles. The van der Waals surface area contributed by atoms with Gasteiger partial charge in [-0.25, -0.2) is 0 Å². The Morgan fingerprint density at radius 1 is 1.13 bits per heavy atom. The summed E-state index contributed by atoms with van der Waals surface area (Å²) >= 11 is 0. The molecule has 1 N–H and O–H groups in total. The molecule has 0 spiro atoms. The Bertz CT molecular complexity index is 698. The van der Waals surface area contributed by atoms with Crippen molar-refractivity contribution in [2.24, 2.45) is 0 Å². The molecular weight excluding hydrogens is 286 g/mol. The lowest BCUT2D eigenvalue weighted by atomic mass is 9.69. The molecule has 0 amide bonds. The number of anilines is 1. The summed E-state index contributed by atoms with van der Waals surface area (Å²) < 4.78 is 0. The third-order valence-corrected chi connectivity index (χ3v) is 5.35. The first-order valence-electron chi connectivity index (χ1n) is 8.13. The van der Waals surface area contributed by atoms with Crippen LogP contribution in [0.1, 0.15) is 30.9 Å². The van der Waals surface area contributed by atoms with Crippen molar-refractivity contribution in [3.63, 3.8) is 0 Å². The number of benzene rings is 2. The summed E-state index contributed by atoms with van der Waals surface area (Å²) in [6, 6.07) is 19.1. The molecule has 2 atom stereocenters. The number of carbonyl (C=O) groups is 1. The Kier molecular flexibility index (Phi) is 4.12. The second-order valence-corrected chi connectivity index (χ2v) is 6.52. The van der Waals surface area contributed by atoms with E-state index in [0.29, 0.717) is 6.42 Å². The van der Waals surface area contributed by atoms with E-state index in [1.54, 1.807) is 0 Å². The van der Waals surface area contributed by atoms with Gasteiger partial charge in [0.25, 0.3) is 0 Å². The lowest BCUT2D eigenvalue weighted by Crippen LogP contribution is -2.43. The number of rotatable bonds is 5. The van der Waals surface area contributed by atoms with Crippen LogP contribution in [0.2, 0.25) is 0 Å². The third kappa shape index (κ3) is 2.72. The minimum atomic E-state index is -0.725. The van der Waals surface area contributed by atoms with Gasteiger partial charge in [0.2, 0.25) is 0 Å². The molecule has 2 aromatic carbocycles. The van der Waals surface area contributed by atoms with Crippen LogP contribution in [-0.2, 0) is 16.6 Å². The van der Waals surface area contributed by atoms with Gasteiger partial charge in [-0.3, -0.25) is 4.79 Å². The van der Waals surface area contributed by atoms with Gasteiger partial charge >= 0.3 is 5.97 Å². The molecule has 120 valence electrons. The van der Waals surface area contributed by atoms with Crippen molar-refractivity contribution in [3.8, 4) is 0 Å². The maximum absolute atomic E-state index is 11.2. The average Bonchev–Trinajstić information content (AvgIpc) is 2.77.